The van der Waals surface area contributed by atoms with Gasteiger partial charge in [0.05, 0.1) is 25.4 Å². The van der Waals surface area contributed by atoms with Crippen LogP contribution in [0.15, 0.2) is 0 Å². The lowest BCUT2D eigenvalue weighted by atomic mass is 9.44. The Hall–Kier alpha value is -0.120. The molecule has 0 aromatic rings. The molecule has 90 valence electrons. The zero-order chi connectivity index (χ0) is 11.0. The molecule has 2 aliphatic heterocycles. The highest BCUT2D eigenvalue weighted by atomic mass is 16.7. The van der Waals surface area contributed by atoms with Crippen LogP contribution in [-0.2, 0) is 14.2 Å². The maximum atomic E-state index is 6.04. The molecule has 0 amide bonds. The molecule has 3 heteroatoms. The summed E-state index contributed by atoms with van der Waals surface area (Å²) in [4.78, 5) is 0. The predicted molar refractivity (Wildman–Crippen MR) is 57.9 cm³/mol. The van der Waals surface area contributed by atoms with E-state index in [2.05, 4.69) is 13.8 Å². The van der Waals surface area contributed by atoms with E-state index in [9.17, 15) is 0 Å². The maximum absolute atomic E-state index is 6.04. The highest BCUT2D eigenvalue weighted by molar-refractivity contribution is 5.21. The summed E-state index contributed by atoms with van der Waals surface area (Å²) in [5.74, 6) is 0.966. The van der Waals surface area contributed by atoms with E-state index in [1.54, 1.807) is 0 Å². The van der Waals surface area contributed by atoms with Gasteiger partial charge in [-0.2, -0.15) is 0 Å². The zero-order valence-electron chi connectivity index (χ0n) is 10.1. The second-order valence-corrected chi connectivity index (χ2v) is 6.00. The molecule has 5 atom stereocenters. The molecule has 2 aliphatic carbocycles. The van der Waals surface area contributed by atoms with Crippen LogP contribution in [0.4, 0.5) is 0 Å². The molecule has 0 bridgehead atoms. The topological polar surface area (TPSA) is 31.0 Å². The lowest BCUT2D eigenvalue weighted by Crippen LogP contribution is -2.72. The van der Waals surface area contributed by atoms with Crippen LogP contribution in [0.3, 0.4) is 0 Å². The summed E-state index contributed by atoms with van der Waals surface area (Å²) in [6, 6.07) is 0. The van der Waals surface area contributed by atoms with E-state index < -0.39 is 0 Å². The average molecular weight is 224 g/mol. The maximum Gasteiger partial charge on any atom is 0.177 e. The summed E-state index contributed by atoms with van der Waals surface area (Å²) in [6.07, 6.45) is 4.62. The van der Waals surface area contributed by atoms with Crippen LogP contribution in [0.25, 0.3) is 0 Å². The normalized spacial score (nSPS) is 56.6. The van der Waals surface area contributed by atoms with Gasteiger partial charge in [0.15, 0.2) is 5.79 Å². The van der Waals surface area contributed by atoms with Crippen molar-refractivity contribution in [3.8, 4) is 0 Å². The Morgan fingerprint density at radius 3 is 2.69 bits per heavy atom. The SMILES string of the molecule is CCC1C2C3OC3CCC2(C)C12OCCO2. The summed E-state index contributed by atoms with van der Waals surface area (Å²) >= 11 is 0. The molecule has 2 saturated heterocycles. The van der Waals surface area contributed by atoms with E-state index >= 15 is 0 Å². The van der Waals surface area contributed by atoms with Gasteiger partial charge in [0.25, 0.3) is 0 Å². The highest BCUT2D eigenvalue weighted by Crippen LogP contribution is 2.71. The Morgan fingerprint density at radius 2 is 2.00 bits per heavy atom. The van der Waals surface area contributed by atoms with E-state index in [0.717, 1.165) is 19.6 Å². The Labute approximate surface area is 96.4 Å². The Morgan fingerprint density at radius 1 is 1.25 bits per heavy atom. The highest BCUT2D eigenvalue weighted by Gasteiger charge is 2.78. The third kappa shape index (κ3) is 0.856. The van der Waals surface area contributed by atoms with Gasteiger partial charge in [-0.15, -0.1) is 0 Å². The van der Waals surface area contributed by atoms with E-state index in [-0.39, 0.29) is 11.2 Å². The molecule has 1 spiro atoms. The van der Waals surface area contributed by atoms with Crippen LogP contribution in [-0.4, -0.2) is 31.2 Å². The van der Waals surface area contributed by atoms with Gasteiger partial charge in [0, 0.05) is 17.3 Å². The van der Waals surface area contributed by atoms with Gasteiger partial charge in [-0.3, -0.25) is 0 Å². The second-order valence-electron chi connectivity index (χ2n) is 6.00. The number of ether oxygens (including phenoxy) is 3. The molecule has 16 heavy (non-hydrogen) atoms. The lowest BCUT2D eigenvalue weighted by Gasteiger charge is -2.66. The van der Waals surface area contributed by atoms with Gasteiger partial charge in [0.2, 0.25) is 0 Å². The van der Waals surface area contributed by atoms with Crippen molar-refractivity contribution in [2.45, 2.75) is 51.1 Å². The van der Waals surface area contributed by atoms with Crippen LogP contribution in [0.5, 0.6) is 0 Å². The predicted octanol–water partition coefficient (Wildman–Crippen LogP) is 1.95. The molecule has 2 saturated carbocycles. The van der Waals surface area contributed by atoms with E-state index in [1.165, 1.54) is 12.8 Å². The smallest absolute Gasteiger partial charge is 0.177 e. The molecule has 0 N–H and O–H groups in total. The van der Waals surface area contributed by atoms with Gasteiger partial charge in [0.1, 0.15) is 0 Å². The van der Waals surface area contributed by atoms with Crippen molar-refractivity contribution >= 4 is 0 Å². The van der Waals surface area contributed by atoms with Gasteiger partial charge in [-0.25, -0.2) is 0 Å². The zero-order valence-corrected chi connectivity index (χ0v) is 10.1. The first-order chi connectivity index (χ1) is 7.73. The van der Waals surface area contributed by atoms with Crippen LogP contribution in [0.1, 0.15) is 33.1 Å². The van der Waals surface area contributed by atoms with Crippen molar-refractivity contribution in [3.63, 3.8) is 0 Å². The van der Waals surface area contributed by atoms with E-state index in [0.29, 0.717) is 24.0 Å². The third-order valence-corrected chi connectivity index (χ3v) is 5.53. The fourth-order valence-electron chi connectivity index (χ4n) is 4.81. The quantitative estimate of drug-likeness (QED) is 0.638. The van der Waals surface area contributed by atoms with Gasteiger partial charge >= 0.3 is 0 Å². The summed E-state index contributed by atoms with van der Waals surface area (Å²) in [7, 11) is 0. The van der Waals surface area contributed by atoms with Crippen molar-refractivity contribution in [2.75, 3.05) is 13.2 Å². The second kappa shape index (κ2) is 2.82. The first-order valence-corrected chi connectivity index (χ1v) is 6.66. The number of hydrogen-bond donors (Lipinski definition) is 0. The molecule has 4 fully saturated rings. The van der Waals surface area contributed by atoms with Crippen molar-refractivity contribution < 1.29 is 14.2 Å². The molecule has 4 aliphatic rings. The van der Waals surface area contributed by atoms with E-state index in [4.69, 9.17) is 14.2 Å². The molecule has 2 heterocycles. The summed E-state index contributed by atoms with van der Waals surface area (Å²) in [6.45, 7) is 6.15. The fourth-order valence-corrected chi connectivity index (χ4v) is 4.81. The summed E-state index contributed by atoms with van der Waals surface area (Å²) in [5.41, 5.74) is 0.210. The van der Waals surface area contributed by atoms with Crippen LogP contribution < -0.4 is 0 Å². The molecular weight excluding hydrogens is 204 g/mol. The van der Waals surface area contributed by atoms with Gasteiger partial charge in [-0.05, 0) is 19.3 Å². The standard InChI is InChI=1S/C13H20O3/c1-3-8-10-11-9(16-11)4-5-12(10,2)13(8)14-6-7-15-13/h8-11H,3-7H2,1-2H3. The van der Waals surface area contributed by atoms with E-state index in [1.807, 2.05) is 0 Å². The van der Waals surface area contributed by atoms with Crippen LogP contribution in [0.2, 0.25) is 0 Å². The minimum Gasteiger partial charge on any atom is -0.369 e. The number of fused-ring (bicyclic) bond motifs is 4. The molecule has 0 radical (unpaired) electrons. The fraction of sp³-hybridized carbons (Fsp3) is 1.00. The monoisotopic (exact) mass is 224 g/mol. The first-order valence-electron chi connectivity index (χ1n) is 6.66. The Kier molecular flexibility index (Phi) is 1.74. The first kappa shape index (κ1) is 9.86. The van der Waals surface area contributed by atoms with Crippen molar-refractivity contribution in [1.29, 1.82) is 0 Å². The minimum atomic E-state index is -0.261. The van der Waals surface area contributed by atoms with Gasteiger partial charge < -0.3 is 14.2 Å². The van der Waals surface area contributed by atoms with Gasteiger partial charge in [-0.1, -0.05) is 13.8 Å². The number of epoxide rings is 1. The summed E-state index contributed by atoms with van der Waals surface area (Å²) in [5, 5.41) is 0. The average Bonchev–Trinajstić information content (AvgIpc) is 2.85. The van der Waals surface area contributed by atoms with Crippen LogP contribution in [0, 0.1) is 17.3 Å². The molecule has 3 nitrogen and oxygen atoms in total. The van der Waals surface area contributed by atoms with Crippen LogP contribution >= 0.6 is 0 Å². The molecule has 0 aromatic carbocycles. The molecule has 5 unspecified atom stereocenters. The number of hydrogen-bond acceptors (Lipinski definition) is 3. The molecule has 0 aromatic heterocycles. The number of rotatable bonds is 1. The largest absolute Gasteiger partial charge is 0.369 e. The van der Waals surface area contributed by atoms with Crippen molar-refractivity contribution in [2.24, 2.45) is 17.3 Å². The van der Waals surface area contributed by atoms with Crippen molar-refractivity contribution in [1.82, 2.24) is 0 Å². The Balaban J connectivity index is 1.72. The molecular formula is C13H20O3. The Bertz CT molecular complexity index is 323. The van der Waals surface area contributed by atoms with Crippen molar-refractivity contribution in [3.05, 3.63) is 0 Å². The molecule has 4 rings (SSSR count). The third-order valence-electron chi connectivity index (χ3n) is 5.53. The minimum absolute atomic E-state index is 0.210. The summed E-state index contributed by atoms with van der Waals surface area (Å²) < 4.78 is 17.9. The lowest BCUT2D eigenvalue weighted by molar-refractivity contribution is -0.372.